The Kier molecular flexibility index (Phi) is 6.21. The summed E-state index contributed by atoms with van der Waals surface area (Å²) in [4.78, 5) is 2.41. The number of benzene rings is 9. The van der Waals surface area contributed by atoms with Crippen LogP contribution in [0.15, 0.2) is 185 Å². The number of hydrogen-bond acceptors (Lipinski definition) is 4. The van der Waals surface area contributed by atoms with Crippen LogP contribution >= 0.6 is 11.3 Å². The molecule has 0 unspecified atom stereocenters. The summed E-state index contributed by atoms with van der Waals surface area (Å²) in [6.45, 7) is 0. The van der Waals surface area contributed by atoms with Crippen LogP contribution in [0, 0.1) is 0 Å². The van der Waals surface area contributed by atoms with Crippen LogP contribution in [0.4, 0.5) is 17.1 Å². The van der Waals surface area contributed by atoms with E-state index in [4.69, 9.17) is 8.83 Å². The third kappa shape index (κ3) is 4.35. The SMILES string of the molecule is c1ccc2cc(-c3ccc(N(c4ccc5oc6ccccc6c5c4)c4cccc5sc6ccc7oc8c9ccccc9ccc8c7c6c45)cc3)ccc2c1. The third-order valence-corrected chi connectivity index (χ3v) is 12.2. The molecule has 0 radical (unpaired) electrons. The molecule has 54 heavy (non-hydrogen) atoms. The zero-order valence-corrected chi connectivity index (χ0v) is 29.7. The summed E-state index contributed by atoms with van der Waals surface area (Å²) >= 11 is 1.84. The van der Waals surface area contributed by atoms with Crippen molar-refractivity contribution in [3.05, 3.63) is 176 Å². The molecule has 0 aliphatic heterocycles. The molecule has 3 nitrogen and oxygen atoms in total. The van der Waals surface area contributed by atoms with Gasteiger partial charge in [0.15, 0.2) is 0 Å². The molecule has 0 spiro atoms. The maximum atomic E-state index is 6.70. The molecule has 252 valence electrons. The lowest BCUT2D eigenvalue weighted by Gasteiger charge is -2.27. The number of nitrogens with zero attached hydrogens (tertiary/aromatic N) is 1. The molecular weight excluding hydrogens is 679 g/mol. The summed E-state index contributed by atoms with van der Waals surface area (Å²) in [5, 5.41) is 11.7. The van der Waals surface area contributed by atoms with Crippen molar-refractivity contribution in [1.82, 2.24) is 0 Å². The van der Waals surface area contributed by atoms with Crippen LogP contribution < -0.4 is 4.90 Å². The van der Waals surface area contributed by atoms with Gasteiger partial charge in [-0.1, -0.05) is 103 Å². The monoisotopic (exact) mass is 707 g/mol. The summed E-state index contributed by atoms with van der Waals surface area (Å²) < 4.78 is 15.5. The second-order valence-electron chi connectivity index (χ2n) is 14.1. The molecule has 0 N–H and O–H groups in total. The number of hydrogen-bond donors (Lipinski definition) is 0. The fourth-order valence-corrected chi connectivity index (χ4v) is 9.66. The fourth-order valence-electron chi connectivity index (χ4n) is 8.52. The normalized spacial score (nSPS) is 12.1. The molecule has 0 aliphatic rings. The summed E-state index contributed by atoms with van der Waals surface area (Å²) in [5.41, 5.74) is 9.25. The Labute approximate surface area is 313 Å². The van der Waals surface area contributed by atoms with Crippen molar-refractivity contribution in [3.63, 3.8) is 0 Å². The van der Waals surface area contributed by atoms with E-state index in [1.54, 1.807) is 0 Å². The Hall–Kier alpha value is -6.88. The number of fused-ring (bicyclic) bond motifs is 13. The summed E-state index contributed by atoms with van der Waals surface area (Å²) in [5.74, 6) is 0. The van der Waals surface area contributed by atoms with E-state index >= 15 is 0 Å². The number of rotatable bonds is 4. The maximum absolute atomic E-state index is 6.70. The van der Waals surface area contributed by atoms with Gasteiger partial charge >= 0.3 is 0 Å². The van der Waals surface area contributed by atoms with Crippen LogP contribution in [0.3, 0.4) is 0 Å². The first-order valence-electron chi connectivity index (χ1n) is 18.2. The average molecular weight is 708 g/mol. The van der Waals surface area contributed by atoms with Gasteiger partial charge < -0.3 is 13.7 Å². The molecule has 12 aromatic rings. The smallest absolute Gasteiger partial charge is 0.143 e. The lowest BCUT2D eigenvalue weighted by Crippen LogP contribution is -2.10. The van der Waals surface area contributed by atoms with Gasteiger partial charge in [-0.15, -0.1) is 11.3 Å². The molecule has 3 aromatic heterocycles. The molecule has 3 heterocycles. The van der Waals surface area contributed by atoms with Gasteiger partial charge in [0.05, 0.1) is 5.69 Å². The van der Waals surface area contributed by atoms with Gasteiger partial charge in [-0.2, -0.15) is 0 Å². The quantitative estimate of drug-likeness (QED) is 0.182. The number of para-hydroxylation sites is 1. The zero-order valence-electron chi connectivity index (χ0n) is 28.9. The van der Waals surface area contributed by atoms with Crippen LogP contribution in [-0.2, 0) is 0 Å². The van der Waals surface area contributed by atoms with Crippen molar-refractivity contribution < 1.29 is 8.83 Å². The minimum absolute atomic E-state index is 0.879. The van der Waals surface area contributed by atoms with Crippen LogP contribution in [0.5, 0.6) is 0 Å². The molecule has 0 saturated carbocycles. The van der Waals surface area contributed by atoms with Crippen molar-refractivity contribution in [3.8, 4) is 11.1 Å². The van der Waals surface area contributed by atoms with Gasteiger partial charge in [0.1, 0.15) is 22.3 Å². The van der Waals surface area contributed by atoms with E-state index in [-0.39, 0.29) is 0 Å². The van der Waals surface area contributed by atoms with E-state index in [1.807, 2.05) is 23.5 Å². The van der Waals surface area contributed by atoms with Crippen molar-refractivity contribution in [2.45, 2.75) is 0 Å². The summed E-state index contributed by atoms with van der Waals surface area (Å²) in [6, 6.07) is 63.1. The van der Waals surface area contributed by atoms with Gasteiger partial charge in [-0.25, -0.2) is 0 Å². The molecule has 0 aliphatic carbocycles. The van der Waals surface area contributed by atoms with Crippen molar-refractivity contribution >= 4 is 114 Å². The van der Waals surface area contributed by atoms with Gasteiger partial charge in [0.25, 0.3) is 0 Å². The Morgan fingerprint density at radius 1 is 0.370 bits per heavy atom. The first kappa shape index (κ1) is 29.7. The Morgan fingerprint density at radius 2 is 1.07 bits per heavy atom. The average Bonchev–Trinajstić information content (AvgIpc) is 3.92. The predicted octanol–water partition coefficient (Wildman–Crippen LogP) is 15.3. The zero-order chi connectivity index (χ0) is 35.3. The second kappa shape index (κ2) is 11.3. The van der Waals surface area contributed by atoms with Crippen LogP contribution in [0.2, 0.25) is 0 Å². The van der Waals surface area contributed by atoms with Gasteiger partial charge in [-0.3, -0.25) is 0 Å². The highest BCUT2D eigenvalue weighted by Crippen LogP contribution is 2.49. The standard InChI is InChI=1S/C50H29NO2S/c1-2-10-33-28-34(17-16-30(33)8-1)31-18-21-35(22-19-31)51(36-23-25-43-40(29-36)38-12-5-6-14-42(38)52-43)41-13-7-15-45-48(41)49-46(54-45)27-26-44-47(49)39-24-20-32-9-3-4-11-37(32)50(39)53-44/h1-29H. The van der Waals surface area contributed by atoms with E-state index in [0.29, 0.717) is 0 Å². The molecule has 9 aromatic carbocycles. The topological polar surface area (TPSA) is 29.5 Å². The minimum Gasteiger partial charge on any atom is -0.456 e. The van der Waals surface area contributed by atoms with Crippen LogP contribution in [-0.4, -0.2) is 0 Å². The maximum Gasteiger partial charge on any atom is 0.143 e. The van der Waals surface area contributed by atoms with Crippen molar-refractivity contribution in [2.24, 2.45) is 0 Å². The first-order chi connectivity index (χ1) is 26.7. The molecule has 12 rings (SSSR count). The number of anilines is 3. The largest absolute Gasteiger partial charge is 0.456 e. The van der Waals surface area contributed by atoms with E-state index in [9.17, 15) is 0 Å². The molecule has 0 amide bonds. The highest BCUT2D eigenvalue weighted by molar-refractivity contribution is 7.26. The highest BCUT2D eigenvalue weighted by Gasteiger charge is 2.23. The minimum atomic E-state index is 0.879. The fraction of sp³-hybridized carbons (Fsp3) is 0. The third-order valence-electron chi connectivity index (χ3n) is 11.0. The molecule has 0 bridgehead atoms. The van der Waals surface area contributed by atoms with Crippen LogP contribution in [0.25, 0.3) is 96.7 Å². The predicted molar refractivity (Wildman–Crippen MR) is 229 cm³/mol. The molecule has 4 heteroatoms. The molecule has 0 fully saturated rings. The van der Waals surface area contributed by atoms with Crippen molar-refractivity contribution in [1.29, 1.82) is 0 Å². The summed E-state index contributed by atoms with van der Waals surface area (Å²) in [6.07, 6.45) is 0. The number of furan rings is 2. The van der Waals surface area contributed by atoms with Gasteiger partial charge in [-0.05, 0) is 100 Å². The number of thiophene rings is 1. The highest BCUT2D eigenvalue weighted by atomic mass is 32.1. The van der Waals surface area contributed by atoms with Crippen LogP contribution in [0.1, 0.15) is 0 Å². The van der Waals surface area contributed by atoms with Crippen molar-refractivity contribution in [2.75, 3.05) is 4.90 Å². The lowest BCUT2D eigenvalue weighted by molar-refractivity contribution is 0.669. The Morgan fingerprint density at radius 3 is 1.98 bits per heavy atom. The lowest BCUT2D eigenvalue weighted by atomic mass is 10.00. The molecular formula is C50H29NO2S. The van der Waals surface area contributed by atoms with E-state index in [1.165, 1.54) is 47.5 Å². The van der Waals surface area contributed by atoms with E-state index in [0.717, 1.165) is 66.3 Å². The summed E-state index contributed by atoms with van der Waals surface area (Å²) in [7, 11) is 0. The van der Waals surface area contributed by atoms with E-state index < -0.39 is 0 Å². The molecule has 0 atom stereocenters. The Balaban J connectivity index is 1.12. The van der Waals surface area contributed by atoms with Gasteiger partial charge in [0.2, 0.25) is 0 Å². The van der Waals surface area contributed by atoms with E-state index in [2.05, 4.69) is 169 Å². The Bertz CT molecular complexity index is 3460. The second-order valence-corrected chi connectivity index (χ2v) is 15.1. The van der Waals surface area contributed by atoms with Gasteiger partial charge in [0, 0.05) is 58.5 Å². The molecule has 0 saturated heterocycles. The first-order valence-corrected chi connectivity index (χ1v) is 19.1.